The van der Waals surface area contributed by atoms with Crippen molar-refractivity contribution < 1.29 is 0 Å². The summed E-state index contributed by atoms with van der Waals surface area (Å²) < 4.78 is 1.80. The molecule has 2 heterocycles. The lowest BCUT2D eigenvalue weighted by atomic mass is 10.1. The Kier molecular flexibility index (Phi) is 4.16. The molecule has 0 aliphatic heterocycles. The molecule has 3 rings (SSSR count). The van der Waals surface area contributed by atoms with Crippen LogP contribution in [0.5, 0.6) is 0 Å². The fourth-order valence-electron chi connectivity index (χ4n) is 2.81. The van der Waals surface area contributed by atoms with Crippen molar-refractivity contribution in [1.29, 1.82) is 0 Å². The lowest BCUT2D eigenvalue weighted by Crippen LogP contribution is -2.24. The van der Waals surface area contributed by atoms with E-state index in [1.54, 1.807) is 4.68 Å². The van der Waals surface area contributed by atoms with Crippen LogP contribution in [0.25, 0.3) is 28.4 Å². The average molecular weight is 327 g/mol. The molecule has 0 amide bonds. The number of anilines is 1. The van der Waals surface area contributed by atoms with Gasteiger partial charge in [-0.3, -0.25) is 5.10 Å². The minimum Gasteiger partial charge on any atom is -0.381 e. The Morgan fingerprint density at radius 1 is 1.28 bits per heavy atom. The van der Waals surface area contributed by atoms with Crippen LogP contribution in [0, 0.1) is 13.8 Å². The fourth-order valence-corrected chi connectivity index (χ4v) is 2.81. The molecule has 0 atom stereocenters. The summed E-state index contributed by atoms with van der Waals surface area (Å²) in [7, 11) is 0. The van der Waals surface area contributed by atoms with Gasteiger partial charge in [0.1, 0.15) is 5.70 Å². The first-order chi connectivity index (χ1) is 12.1. The molecule has 1 aromatic carbocycles. The van der Waals surface area contributed by atoms with E-state index in [0.29, 0.717) is 22.1 Å². The molecule has 0 fully saturated rings. The zero-order chi connectivity index (χ0) is 18.0. The summed E-state index contributed by atoms with van der Waals surface area (Å²) in [6.07, 6.45) is 1.81. The van der Waals surface area contributed by atoms with Crippen LogP contribution in [-0.2, 0) is 0 Å². The van der Waals surface area contributed by atoms with Crippen LogP contribution in [0.2, 0.25) is 0 Å². The van der Waals surface area contributed by atoms with Crippen molar-refractivity contribution in [3.05, 3.63) is 70.4 Å². The van der Waals surface area contributed by atoms with E-state index in [0.717, 1.165) is 22.2 Å². The summed E-state index contributed by atoms with van der Waals surface area (Å²) in [4.78, 5) is 0. The average Bonchev–Trinajstić information content (AvgIpc) is 3.10. The number of nitrogens with one attached hydrogen (secondary N) is 1. The highest BCUT2D eigenvalue weighted by molar-refractivity contribution is 5.90. The normalized spacial score (nSPS) is 10.9. The summed E-state index contributed by atoms with van der Waals surface area (Å²) in [5.74, 6) is 0.321. The molecule has 0 aliphatic carbocycles. The number of aromatic amines is 1. The molecule has 0 bridgehead atoms. The molecular weight excluding hydrogens is 310 g/mol. The summed E-state index contributed by atoms with van der Waals surface area (Å²) in [6.45, 7) is 11.2. The lowest BCUT2D eigenvalue weighted by Gasteiger charge is -2.02. The van der Waals surface area contributed by atoms with Crippen LogP contribution in [0.15, 0.2) is 48.6 Å². The standard InChI is InChI=1S/C20H17N5/c1-5-8-15(12-17-16(9-6-2)20(21)23-22-17)25-18-11-7-10-13(3)19(18)14(4)24-25/h7,10-12,22H,1-2H2,3-4H3,(H2,21,23). The van der Waals surface area contributed by atoms with E-state index in [1.807, 2.05) is 25.1 Å². The molecular formula is C20H17N5. The monoisotopic (exact) mass is 327 g/mol. The van der Waals surface area contributed by atoms with Crippen LogP contribution < -0.4 is 16.3 Å². The Morgan fingerprint density at radius 2 is 2.08 bits per heavy atom. The molecule has 0 saturated heterocycles. The van der Waals surface area contributed by atoms with Crippen LogP contribution >= 0.6 is 0 Å². The first-order valence-corrected chi connectivity index (χ1v) is 7.64. The van der Waals surface area contributed by atoms with E-state index in [-0.39, 0.29) is 0 Å². The molecule has 0 unspecified atom stereocenters. The Bertz CT molecular complexity index is 1250. The fraction of sp³-hybridized carbons (Fsp3) is 0.100. The van der Waals surface area contributed by atoms with Crippen molar-refractivity contribution in [3.8, 4) is 0 Å². The van der Waals surface area contributed by atoms with Gasteiger partial charge in [-0.2, -0.15) is 10.2 Å². The SMILES string of the molecule is C=C=C=C(C=c1[nH]nc(N)c1=C=C=C)n1nc(C)c2c(C)cccc21. The van der Waals surface area contributed by atoms with Gasteiger partial charge in [-0.1, -0.05) is 29.3 Å². The minimum absolute atomic E-state index is 0.321. The molecule has 2 aromatic heterocycles. The highest BCUT2D eigenvalue weighted by Crippen LogP contribution is 2.24. The highest BCUT2D eigenvalue weighted by Gasteiger charge is 2.11. The number of hydrogen-bond acceptors (Lipinski definition) is 3. The largest absolute Gasteiger partial charge is 0.381 e. The summed E-state index contributed by atoms with van der Waals surface area (Å²) in [5.41, 5.74) is 20.7. The summed E-state index contributed by atoms with van der Waals surface area (Å²) in [6, 6.07) is 6.08. The summed E-state index contributed by atoms with van der Waals surface area (Å²) >= 11 is 0. The third kappa shape index (κ3) is 2.80. The van der Waals surface area contributed by atoms with Crippen molar-refractivity contribution in [2.45, 2.75) is 13.8 Å². The highest BCUT2D eigenvalue weighted by atomic mass is 15.3. The number of H-pyrrole nitrogens is 1. The number of aromatic nitrogens is 4. The van der Waals surface area contributed by atoms with Crippen LogP contribution in [0.3, 0.4) is 0 Å². The van der Waals surface area contributed by atoms with Crippen LogP contribution in [-0.4, -0.2) is 20.0 Å². The third-order valence-corrected chi connectivity index (χ3v) is 3.85. The molecule has 0 spiro atoms. The smallest absolute Gasteiger partial charge is 0.161 e. The molecule has 25 heavy (non-hydrogen) atoms. The number of nitrogens with two attached hydrogens (primary N) is 1. The van der Waals surface area contributed by atoms with Gasteiger partial charge in [0.2, 0.25) is 0 Å². The van der Waals surface area contributed by atoms with Crippen molar-refractivity contribution >= 4 is 34.2 Å². The van der Waals surface area contributed by atoms with E-state index in [2.05, 4.69) is 64.4 Å². The van der Waals surface area contributed by atoms with Crippen LogP contribution in [0.4, 0.5) is 5.82 Å². The van der Waals surface area contributed by atoms with Gasteiger partial charge in [0.25, 0.3) is 0 Å². The van der Waals surface area contributed by atoms with Crippen molar-refractivity contribution in [2.75, 3.05) is 5.73 Å². The maximum atomic E-state index is 5.86. The van der Waals surface area contributed by atoms with Gasteiger partial charge >= 0.3 is 0 Å². The zero-order valence-corrected chi connectivity index (χ0v) is 14.1. The molecule has 122 valence electrons. The van der Waals surface area contributed by atoms with Crippen LogP contribution in [0.1, 0.15) is 11.3 Å². The first-order valence-electron chi connectivity index (χ1n) is 7.64. The van der Waals surface area contributed by atoms with Gasteiger partial charge in [-0.05, 0) is 50.4 Å². The Hall–Kier alpha value is -3.70. The number of aryl methyl sites for hydroxylation is 2. The van der Waals surface area contributed by atoms with Gasteiger partial charge in [-0.15, -0.1) is 0 Å². The van der Waals surface area contributed by atoms with Gasteiger partial charge in [0.15, 0.2) is 5.82 Å². The van der Waals surface area contributed by atoms with Crippen molar-refractivity contribution in [3.63, 3.8) is 0 Å². The number of nitrogen functional groups attached to an aromatic ring is 1. The Balaban J connectivity index is 2.39. The van der Waals surface area contributed by atoms with Gasteiger partial charge in [0.05, 0.1) is 21.8 Å². The summed E-state index contributed by atoms with van der Waals surface area (Å²) in [5, 5.41) is 13.9. The predicted molar refractivity (Wildman–Crippen MR) is 101 cm³/mol. The van der Waals surface area contributed by atoms with E-state index in [1.165, 1.54) is 0 Å². The molecule has 5 heteroatoms. The zero-order valence-electron chi connectivity index (χ0n) is 14.1. The second-order valence-corrected chi connectivity index (χ2v) is 5.50. The number of fused-ring (bicyclic) bond motifs is 1. The van der Waals surface area contributed by atoms with Gasteiger partial charge < -0.3 is 5.73 Å². The maximum Gasteiger partial charge on any atom is 0.161 e. The lowest BCUT2D eigenvalue weighted by molar-refractivity contribution is 0.921. The number of benzene rings is 1. The van der Waals surface area contributed by atoms with Crippen molar-refractivity contribution in [1.82, 2.24) is 20.0 Å². The second kappa shape index (κ2) is 6.43. The maximum absolute atomic E-state index is 5.86. The molecule has 3 aromatic rings. The molecule has 5 nitrogen and oxygen atoms in total. The molecule has 3 N–H and O–H groups in total. The van der Waals surface area contributed by atoms with E-state index in [9.17, 15) is 0 Å². The minimum atomic E-state index is 0.321. The molecule has 0 radical (unpaired) electrons. The second-order valence-electron chi connectivity index (χ2n) is 5.50. The quantitative estimate of drug-likeness (QED) is 0.707. The van der Waals surface area contributed by atoms with Gasteiger partial charge in [0, 0.05) is 5.39 Å². The number of rotatable bonds is 2. The van der Waals surface area contributed by atoms with E-state index < -0.39 is 0 Å². The number of nitrogens with zero attached hydrogens (tertiary/aromatic N) is 3. The number of hydrogen-bond donors (Lipinski definition) is 2. The Labute approximate surface area is 144 Å². The topological polar surface area (TPSA) is 72.5 Å². The first kappa shape index (κ1) is 16.2. The number of allylic oxidation sites excluding steroid dienone is 1. The predicted octanol–water partition coefficient (Wildman–Crippen LogP) is 1.94. The third-order valence-electron chi connectivity index (χ3n) is 3.85. The molecule has 0 saturated carbocycles. The van der Waals surface area contributed by atoms with Crippen molar-refractivity contribution in [2.24, 2.45) is 0 Å². The molecule has 0 aliphatic rings. The Morgan fingerprint density at radius 3 is 2.80 bits per heavy atom. The van der Waals surface area contributed by atoms with E-state index in [4.69, 9.17) is 5.73 Å². The van der Waals surface area contributed by atoms with Gasteiger partial charge in [-0.25, -0.2) is 4.68 Å². The van der Waals surface area contributed by atoms with E-state index >= 15 is 0 Å².